The Morgan fingerprint density at radius 3 is 2.43 bits per heavy atom. The average Bonchev–Trinajstić information content (AvgIpc) is 2.43. The van der Waals surface area contributed by atoms with Crippen LogP contribution in [-0.4, -0.2) is 41.9 Å². The van der Waals surface area contributed by atoms with E-state index >= 15 is 0 Å². The first-order chi connectivity index (χ1) is 10.6. The molecule has 0 aliphatic heterocycles. The largest absolute Gasteiger partial charge is 0.269 e. The molecule has 0 aliphatic rings. The van der Waals surface area contributed by atoms with Crippen molar-refractivity contribution >= 4 is 37.3 Å². The molecule has 0 saturated heterocycles. The molecule has 132 valence electrons. The molecule has 1 aromatic carbocycles. The Bertz CT molecular complexity index is 738. The van der Waals surface area contributed by atoms with Gasteiger partial charge in [0.05, 0.1) is 22.7 Å². The summed E-state index contributed by atoms with van der Waals surface area (Å²) >= 11 is 5.66. The molecule has 0 atom stereocenters. The zero-order valence-corrected chi connectivity index (χ0v) is 15.3. The molecule has 1 rings (SSSR count). The Balaban J connectivity index is 2.84. The maximum Gasteiger partial charge on any atom is 0.232 e. The summed E-state index contributed by atoms with van der Waals surface area (Å²) in [6, 6.07) is 3.51. The number of sulfonamides is 2. The normalized spacial score (nSPS) is 12.3. The van der Waals surface area contributed by atoms with Crippen LogP contribution in [-0.2, 0) is 20.0 Å². The van der Waals surface area contributed by atoms with Crippen molar-refractivity contribution in [1.29, 1.82) is 0 Å². The number of anilines is 1. The van der Waals surface area contributed by atoms with Crippen LogP contribution in [0.25, 0.3) is 0 Å². The number of rotatable bonds is 9. The quantitative estimate of drug-likeness (QED) is 0.703. The first-order valence-electron chi connectivity index (χ1n) is 6.97. The van der Waals surface area contributed by atoms with Gasteiger partial charge in [-0.1, -0.05) is 24.9 Å². The van der Waals surface area contributed by atoms with Crippen molar-refractivity contribution in [2.24, 2.45) is 0 Å². The lowest BCUT2D eigenvalue weighted by atomic mass is 10.3. The topological polar surface area (TPSA) is 83.6 Å². The Morgan fingerprint density at radius 2 is 1.91 bits per heavy atom. The Hall–Kier alpha value is -0.900. The van der Waals surface area contributed by atoms with Crippen LogP contribution in [0.4, 0.5) is 10.1 Å². The standard InChI is InChI=1S/C13H20ClFN2O4S2/c1-3-4-9-23(20,21)16-7-8-17(22(2,18)19)11-5-6-13(15)12(14)10-11/h5-6,10,16H,3-4,7-9H2,1-2H3. The summed E-state index contributed by atoms with van der Waals surface area (Å²) in [5.74, 6) is -0.672. The van der Waals surface area contributed by atoms with E-state index in [2.05, 4.69) is 4.72 Å². The molecule has 0 saturated carbocycles. The molecule has 0 radical (unpaired) electrons. The van der Waals surface area contributed by atoms with Crippen molar-refractivity contribution < 1.29 is 21.2 Å². The minimum absolute atomic E-state index is 0.00918. The van der Waals surface area contributed by atoms with Gasteiger partial charge in [-0.3, -0.25) is 4.31 Å². The van der Waals surface area contributed by atoms with E-state index in [1.54, 1.807) is 0 Å². The first kappa shape index (κ1) is 20.1. The number of hydrogen-bond acceptors (Lipinski definition) is 4. The molecule has 0 amide bonds. The fourth-order valence-electron chi connectivity index (χ4n) is 1.84. The van der Waals surface area contributed by atoms with Gasteiger partial charge in [0.1, 0.15) is 5.82 Å². The maximum atomic E-state index is 13.2. The number of nitrogens with one attached hydrogen (secondary N) is 1. The molecule has 0 bridgehead atoms. The summed E-state index contributed by atoms with van der Waals surface area (Å²) in [6.45, 7) is 1.67. The van der Waals surface area contributed by atoms with Crippen LogP contribution < -0.4 is 9.03 Å². The third-order valence-electron chi connectivity index (χ3n) is 2.99. The minimum atomic E-state index is -3.66. The molecule has 6 nitrogen and oxygen atoms in total. The van der Waals surface area contributed by atoms with Crippen LogP contribution in [0.5, 0.6) is 0 Å². The summed E-state index contributed by atoms with van der Waals surface area (Å²) in [4.78, 5) is 0. The van der Waals surface area contributed by atoms with Crippen LogP contribution in [0, 0.1) is 5.82 Å². The third-order valence-corrected chi connectivity index (χ3v) is 5.95. The first-order valence-corrected chi connectivity index (χ1v) is 10.8. The van der Waals surface area contributed by atoms with Crippen molar-refractivity contribution in [1.82, 2.24) is 4.72 Å². The highest BCUT2D eigenvalue weighted by molar-refractivity contribution is 7.92. The lowest BCUT2D eigenvalue weighted by molar-refractivity contribution is 0.575. The fraction of sp³-hybridized carbons (Fsp3) is 0.538. The van der Waals surface area contributed by atoms with Gasteiger partial charge in [-0.05, 0) is 24.6 Å². The molecule has 0 fully saturated rings. The smallest absolute Gasteiger partial charge is 0.232 e. The SMILES string of the molecule is CCCCS(=O)(=O)NCCN(c1ccc(F)c(Cl)c1)S(C)(=O)=O. The van der Waals surface area contributed by atoms with E-state index in [1.807, 2.05) is 6.92 Å². The summed E-state index contributed by atoms with van der Waals surface area (Å²) < 4.78 is 63.7. The van der Waals surface area contributed by atoms with Crippen LogP contribution >= 0.6 is 11.6 Å². The van der Waals surface area contributed by atoms with Crippen LogP contribution in [0.15, 0.2) is 18.2 Å². The zero-order chi connectivity index (χ0) is 17.7. The molecular weight excluding hydrogens is 367 g/mol. The highest BCUT2D eigenvalue weighted by Crippen LogP contribution is 2.24. The average molecular weight is 387 g/mol. The second-order valence-electron chi connectivity index (χ2n) is 5.00. The van der Waals surface area contributed by atoms with Gasteiger partial charge in [-0.15, -0.1) is 0 Å². The molecule has 10 heteroatoms. The molecular formula is C13H20ClFN2O4S2. The molecule has 23 heavy (non-hydrogen) atoms. The molecule has 0 aliphatic carbocycles. The summed E-state index contributed by atoms with van der Waals surface area (Å²) in [5.41, 5.74) is 0.173. The van der Waals surface area contributed by atoms with Gasteiger partial charge in [-0.2, -0.15) is 0 Å². The van der Waals surface area contributed by atoms with Gasteiger partial charge >= 0.3 is 0 Å². The van der Waals surface area contributed by atoms with E-state index in [-0.39, 0.29) is 29.6 Å². The van der Waals surface area contributed by atoms with E-state index in [1.165, 1.54) is 12.1 Å². The Labute approximate surface area is 141 Å². The third kappa shape index (κ3) is 6.62. The van der Waals surface area contributed by atoms with Crippen molar-refractivity contribution in [3.8, 4) is 0 Å². The zero-order valence-electron chi connectivity index (χ0n) is 12.9. The van der Waals surface area contributed by atoms with E-state index in [0.717, 1.165) is 23.0 Å². The van der Waals surface area contributed by atoms with Crippen molar-refractivity contribution in [2.45, 2.75) is 19.8 Å². The summed E-state index contributed by atoms with van der Waals surface area (Å²) in [7, 11) is -7.10. The predicted molar refractivity (Wildman–Crippen MR) is 90.3 cm³/mol. The van der Waals surface area contributed by atoms with Gasteiger partial charge < -0.3 is 0 Å². The van der Waals surface area contributed by atoms with Gasteiger partial charge in [-0.25, -0.2) is 25.9 Å². The van der Waals surface area contributed by atoms with E-state index in [9.17, 15) is 21.2 Å². The van der Waals surface area contributed by atoms with E-state index < -0.39 is 25.9 Å². The van der Waals surface area contributed by atoms with Crippen LogP contribution in [0.3, 0.4) is 0 Å². The molecule has 1 aromatic rings. The Morgan fingerprint density at radius 1 is 1.26 bits per heavy atom. The molecule has 1 N–H and O–H groups in total. The fourth-order valence-corrected chi connectivity index (χ4v) is 4.15. The number of benzene rings is 1. The van der Waals surface area contributed by atoms with E-state index in [0.29, 0.717) is 6.42 Å². The number of unbranched alkanes of at least 4 members (excludes halogenated alkanes) is 1. The van der Waals surface area contributed by atoms with Gasteiger partial charge in [0, 0.05) is 13.1 Å². The van der Waals surface area contributed by atoms with Crippen molar-refractivity contribution in [3.63, 3.8) is 0 Å². The van der Waals surface area contributed by atoms with Crippen LogP contribution in [0.1, 0.15) is 19.8 Å². The highest BCUT2D eigenvalue weighted by atomic mass is 35.5. The van der Waals surface area contributed by atoms with Crippen molar-refractivity contribution in [2.75, 3.05) is 29.4 Å². The molecule has 0 spiro atoms. The molecule has 0 unspecified atom stereocenters. The predicted octanol–water partition coefficient (Wildman–Crippen LogP) is 1.96. The van der Waals surface area contributed by atoms with Gasteiger partial charge in [0.15, 0.2) is 0 Å². The molecule has 0 heterocycles. The highest BCUT2D eigenvalue weighted by Gasteiger charge is 2.19. The van der Waals surface area contributed by atoms with E-state index in [4.69, 9.17) is 11.6 Å². The minimum Gasteiger partial charge on any atom is -0.269 e. The number of halogens is 2. The monoisotopic (exact) mass is 386 g/mol. The van der Waals surface area contributed by atoms with Gasteiger partial charge in [0.2, 0.25) is 20.0 Å². The summed E-state index contributed by atoms with van der Waals surface area (Å²) in [6.07, 6.45) is 2.25. The molecule has 0 aromatic heterocycles. The Kier molecular flexibility index (Phi) is 7.25. The summed E-state index contributed by atoms with van der Waals surface area (Å²) in [5, 5.41) is -0.209. The van der Waals surface area contributed by atoms with Crippen LogP contribution in [0.2, 0.25) is 5.02 Å². The van der Waals surface area contributed by atoms with Crippen molar-refractivity contribution in [3.05, 3.63) is 29.0 Å². The lowest BCUT2D eigenvalue weighted by Gasteiger charge is -2.22. The second-order valence-corrected chi connectivity index (χ2v) is 9.24. The lowest BCUT2D eigenvalue weighted by Crippen LogP contribution is -2.38. The van der Waals surface area contributed by atoms with Gasteiger partial charge in [0.25, 0.3) is 0 Å². The number of nitrogens with zero attached hydrogens (tertiary/aromatic N) is 1. The maximum absolute atomic E-state index is 13.2. The second kappa shape index (κ2) is 8.27. The number of hydrogen-bond donors (Lipinski definition) is 1.